The van der Waals surface area contributed by atoms with Crippen LogP contribution >= 0.6 is 11.6 Å². The fourth-order valence-corrected chi connectivity index (χ4v) is 3.10. The normalized spacial score (nSPS) is 11.9. The number of rotatable bonds is 4. The summed E-state index contributed by atoms with van der Waals surface area (Å²) in [6.45, 7) is 3.42. The molecule has 0 aromatic heterocycles. The zero-order chi connectivity index (χ0) is 14.8. The number of hydrogen-bond donors (Lipinski definition) is 0. The summed E-state index contributed by atoms with van der Waals surface area (Å²) in [5, 5.41) is 0.402. The van der Waals surface area contributed by atoms with E-state index in [0.29, 0.717) is 10.6 Å². The molecule has 0 N–H and O–H groups in total. The third-order valence-electron chi connectivity index (χ3n) is 2.48. The Balaban J connectivity index is 3.54. The largest absolute Gasteiger partial charge is 0.495 e. The van der Waals surface area contributed by atoms with E-state index in [1.165, 1.54) is 18.3 Å². The number of hydrogen-bond acceptors (Lipinski definition) is 3. The summed E-state index contributed by atoms with van der Waals surface area (Å²) in [6, 6.07) is 1.59. The Morgan fingerprint density at radius 1 is 1.37 bits per heavy atom. The summed E-state index contributed by atoms with van der Waals surface area (Å²) < 4.78 is 33.2. The zero-order valence-corrected chi connectivity index (χ0v) is 13.1. The van der Waals surface area contributed by atoms with Crippen molar-refractivity contribution in [1.29, 1.82) is 0 Å². The molecule has 1 aromatic rings. The van der Waals surface area contributed by atoms with Gasteiger partial charge >= 0.3 is 0 Å². The van der Waals surface area contributed by atoms with Crippen LogP contribution in [0.5, 0.6) is 5.75 Å². The van der Waals surface area contributed by atoms with Crippen LogP contribution in [0, 0.1) is 13.8 Å². The highest BCUT2D eigenvalue weighted by molar-refractivity contribution is 7.90. The average molecular weight is 305 g/mol. The molecular formula is C12H17ClN2O3S. The maximum absolute atomic E-state index is 12.2. The van der Waals surface area contributed by atoms with Gasteiger partial charge in [-0.25, -0.2) is 0 Å². The lowest BCUT2D eigenvalue weighted by molar-refractivity contribution is 0.401. The second kappa shape index (κ2) is 5.79. The Labute approximate surface area is 118 Å². The molecule has 106 valence electrons. The zero-order valence-electron chi connectivity index (χ0n) is 11.6. The molecule has 0 aliphatic heterocycles. The van der Waals surface area contributed by atoms with Gasteiger partial charge in [0, 0.05) is 19.1 Å². The highest BCUT2D eigenvalue weighted by Crippen LogP contribution is 2.35. The number of aryl methyl sites for hydroxylation is 1. The first kappa shape index (κ1) is 15.8. The van der Waals surface area contributed by atoms with Crippen molar-refractivity contribution in [3.05, 3.63) is 22.2 Å². The SMILES string of the molecule is COc1cc(C)c(Cl)c(C)c1S(=O)(=O)N=CN(C)C. The highest BCUT2D eigenvalue weighted by Gasteiger charge is 2.24. The molecule has 0 aliphatic rings. The third-order valence-corrected chi connectivity index (χ3v) is 4.46. The molecule has 0 saturated heterocycles. The first-order valence-electron chi connectivity index (χ1n) is 5.51. The minimum atomic E-state index is -3.85. The van der Waals surface area contributed by atoms with E-state index in [-0.39, 0.29) is 10.6 Å². The molecular weight excluding hydrogens is 288 g/mol. The van der Waals surface area contributed by atoms with Crippen molar-refractivity contribution in [2.24, 2.45) is 4.40 Å². The second-order valence-corrected chi connectivity index (χ2v) is 6.27. The van der Waals surface area contributed by atoms with Crippen molar-refractivity contribution in [2.75, 3.05) is 21.2 Å². The minimum absolute atomic E-state index is 0.00343. The lowest BCUT2D eigenvalue weighted by atomic mass is 10.1. The molecule has 0 aliphatic carbocycles. The predicted octanol–water partition coefficient (Wildman–Crippen LogP) is 2.24. The highest BCUT2D eigenvalue weighted by atomic mass is 35.5. The van der Waals surface area contributed by atoms with Gasteiger partial charge in [-0.3, -0.25) is 0 Å². The number of sulfonamides is 1. The van der Waals surface area contributed by atoms with Gasteiger partial charge in [-0.1, -0.05) is 11.6 Å². The summed E-state index contributed by atoms with van der Waals surface area (Å²) in [7, 11) is 0.935. The molecule has 0 amide bonds. The molecule has 0 saturated carbocycles. The van der Waals surface area contributed by atoms with Crippen molar-refractivity contribution >= 4 is 28.0 Å². The number of nitrogens with zero attached hydrogens (tertiary/aromatic N) is 2. The van der Waals surface area contributed by atoms with Gasteiger partial charge in [0.05, 0.1) is 7.11 Å². The van der Waals surface area contributed by atoms with Gasteiger partial charge in [-0.15, -0.1) is 4.40 Å². The topological polar surface area (TPSA) is 59.0 Å². The quantitative estimate of drug-likeness (QED) is 0.632. The molecule has 0 spiro atoms. The Morgan fingerprint density at radius 2 is 1.95 bits per heavy atom. The average Bonchev–Trinajstić information content (AvgIpc) is 2.32. The van der Waals surface area contributed by atoms with E-state index in [1.807, 2.05) is 0 Å². The fourth-order valence-electron chi connectivity index (χ4n) is 1.59. The van der Waals surface area contributed by atoms with Gasteiger partial charge in [0.15, 0.2) is 0 Å². The fraction of sp³-hybridized carbons (Fsp3) is 0.417. The molecule has 0 bridgehead atoms. The van der Waals surface area contributed by atoms with E-state index < -0.39 is 10.0 Å². The van der Waals surface area contributed by atoms with E-state index in [2.05, 4.69) is 4.40 Å². The molecule has 0 fully saturated rings. The van der Waals surface area contributed by atoms with Gasteiger partial charge in [0.25, 0.3) is 10.0 Å². The maximum atomic E-state index is 12.2. The smallest absolute Gasteiger partial charge is 0.287 e. The molecule has 0 heterocycles. The van der Waals surface area contributed by atoms with Crippen molar-refractivity contribution in [3.8, 4) is 5.75 Å². The summed E-state index contributed by atoms with van der Waals surface area (Å²) in [5.74, 6) is 0.246. The lowest BCUT2D eigenvalue weighted by Gasteiger charge is -2.13. The Morgan fingerprint density at radius 3 is 2.42 bits per heavy atom. The molecule has 1 rings (SSSR count). The number of benzene rings is 1. The predicted molar refractivity (Wildman–Crippen MR) is 76.8 cm³/mol. The summed E-state index contributed by atoms with van der Waals surface area (Å²) in [5.41, 5.74) is 1.20. The maximum Gasteiger partial charge on any atom is 0.287 e. The van der Waals surface area contributed by atoms with Gasteiger partial charge < -0.3 is 9.64 Å². The van der Waals surface area contributed by atoms with Crippen LogP contribution in [0.4, 0.5) is 0 Å². The molecule has 0 atom stereocenters. The first-order chi connectivity index (χ1) is 8.70. The van der Waals surface area contributed by atoms with Crippen LogP contribution in [0.15, 0.2) is 15.4 Å². The summed E-state index contributed by atoms with van der Waals surface area (Å²) in [6.07, 6.45) is 1.22. The van der Waals surface area contributed by atoms with Gasteiger partial charge in [-0.05, 0) is 31.0 Å². The molecule has 19 heavy (non-hydrogen) atoms. The number of ether oxygens (including phenoxy) is 1. The van der Waals surface area contributed by atoms with Crippen LogP contribution < -0.4 is 4.74 Å². The van der Waals surface area contributed by atoms with Crippen LogP contribution in [0.2, 0.25) is 5.02 Å². The van der Waals surface area contributed by atoms with Crippen molar-refractivity contribution < 1.29 is 13.2 Å². The molecule has 7 heteroatoms. The van der Waals surface area contributed by atoms with Crippen LogP contribution in [0.1, 0.15) is 11.1 Å². The Kier molecular flexibility index (Phi) is 4.81. The van der Waals surface area contributed by atoms with Crippen LogP contribution in [0.25, 0.3) is 0 Å². The first-order valence-corrected chi connectivity index (χ1v) is 7.33. The summed E-state index contributed by atoms with van der Waals surface area (Å²) >= 11 is 6.10. The van der Waals surface area contributed by atoms with E-state index in [1.54, 1.807) is 34.0 Å². The second-order valence-electron chi connectivity index (χ2n) is 4.32. The number of methoxy groups -OCH3 is 1. The Bertz CT molecular complexity index is 610. The summed E-state index contributed by atoms with van der Waals surface area (Å²) in [4.78, 5) is 1.54. The number of halogens is 1. The van der Waals surface area contributed by atoms with Crippen molar-refractivity contribution in [3.63, 3.8) is 0 Å². The van der Waals surface area contributed by atoms with Crippen LogP contribution in [-0.2, 0) is 10.0 Å². The van der Waals surface area contributed by atoms with Gasteiger partial charge in [0.2, 0.25) is 0 Å². The van der Waals surface area contributed by atoms with Crippen LogP contribution in [0.3, 0.4) is 0 Å². The standard InChI is InChI=1S/C12H17ClN2O3S/c1-8-6-10(18-5)12(9(2)11(8)13)19(16,17)14-7-15(3)4/h6-7H,1-5H3. The van der Waals surface area contributed by atoms with Crippen LogP contribution in [-0.4, -0.2) is 40.9 Å². The molecule has 0 radical (unpaired) electrons. The van der Waals surface area contributed by atoms with E-state index in [0.717, 1.165) is 5.56 Å². The molecule has 1 aromatic carbocycles. The van der Waals surface area contributed by atoms with Gasteiger partial charge in [0.1, 0.15) is 17.0 Å². The lowest BCUT2D eigenvalue weighted by Crippen LogP contribution is -2.11. The van der Waals surface area contributed by atoms with E-state index >= 15 is 0 Å². The Hall–Kier alpha value is -1.27. The van der Waals surface area contributed by atoms with Crippen molar-refractivity contribution in [1.82, 2.24) is 4.90 Å². The molecule has 0 unspecified atom stereocenters. The van der Waals surface area contributed by atoms with Crippen molar-refractivity contribution in [2.45, 2.75) is 18.7 Å². The molecule has 5 nitrogen and oxygen atoms in total. The monoisotopic (exact) mass is 304 g/mol. The minimum Gasteiger partial charge on any atom is -0.495 e. The van der Waals surface area contributed by atoms with Gasteiger partial charge in [-0.2, -0.15) is 8.42 Å². The van der Waals surface area contributed by atoms with E-state index in [9.17, 15) is 8.42 Å². The van der Waals surface area contributed by atoms with E-state index in [4.69, 9.17) is 16.3 Å². The third kappa shape index (κ3) is 3.39.